The van der Waals surface area contributed by atoms with Crippen LogP contribution in [0.3, 0.4) is 0 Å². The van der Waals surface area contributed by atoms with E-state index in [4.69, 9.17) is 11.6 Å². The van der Waals surface area contributed by atoms with Crippen molar-refractivity contribution in [1.29, 1.82) is 0 Å². The number of hydrogen-bond donors (Lipinski definition) is 0. The van der Waals surface area contributed by atoms with Gasteiger partial charge >= 0.3 is 6.18 Å². The number of amides is 1. The number of carbonyl (C=O) groups excluding carboxylic acids is 1. The molecular formula is C18H17ClF3N3O4S. The number of carbonyl (C=O) groups is 1. The minimum Gasteiger partial charge on any atom is -0.336 e. The first-order chi connectivity index (χ1) is 13.9. The maximum absolute atomic E-state index is 13.1. The van der Waals surface area contributed by atoms with Crippen LogP contribution in [0.1, 0.15) is 15.9 Å². The van der Waals surface area contributed by atoms with Crippen molar-refractivity contribution in [3.8, 4) is 0 Å². The molecule has 0 saturated carbocycles. The van der Waals surface area contributed by atoms with Gasteiger partial charge in [-0.05, 0) is 24.3 Å². The number of halogens is 4. The summed E-state index contributed by atoms with van der Waals surface area (Å²) in [6.07, 6.45) is -3.34. The molecule has 162 valence electrons. The Morgan fingerprint density at radius 1 is 1.07 bits per heavy atom. The Morgan fingerprint density at radius 2 is 1.70 bits per heavy atom. The number of rotatable bonds is 3. The molecule has 0 bridgehead atoms. The molecule has 1 aromatic heterocycles. The van der Waals surface area contributed by atoms with Crippen LogP contribution in [0.5, 0.6) is 0 Å². The fourth-order valence-corrected chi connectivity index (χ4v) is 4.70. The molecule has 0 radical (unpaired) electrons. The van der Waals surface area contributed by atoms with Crippen molar-refractivity contribution in [3.05, 3.63) is 63.0 Å². The van der Waals surface area contributed by atoms with Crippen molar-refractivity contribution < 1.29 is 26.4 Å². The van der Waals surface area contributed by atoms with E-state index in [0.29, 0.717) is 6.07 Å². The highest BCUT2D eigenvalue weighted by molar-refractivity contribution is 7.89. The van der Waals surface area contributed by atoms with Crippen LogP contribution in [-0.4, -0.2) is 54.3 Å². The summed E-state index contributed by atoms with van der Waals surface area (Å²) in [7, 11) is -2.66. The molecule has 1 aliphatic rings. The zero-order valence-electron chi connectivity index (χ0n) is 15.7. The van der Waals surface area contributed by atoms with Gasteiger partial charge in [0.1, 0.15) is 0 Å². The van der Waals surface area contributed by atoms with Gasteiger partial charge in [-0.2, -0.15) is 17.5 Å². The summed E-state index contributed by atoms with van der Waals surface area (Å²) < 4.78 is 67.0. The number of sulfonamides is 1. The van der Waals surface area contributed by atoms with Crippen LogP contribution >= 0.6 is 11.6 Å². The Bertz CT molecular complexity index is 1140. The smallest absolute Gasteiger partial charge is 0.336 e. The van der Waals surface area contributed by atoms with Crippen LogP contribution in [0, 0.1) is 0 Å². The Kier molecular flexibility index (Phi) is 5.99. The average Bonchev–Trinajstić information content (AvgIpc) is 2.69. The Labute approximate surface area is 175 Å². The third-order valence-corrected chi connectivity index (χ3v) is 6.98. The molecule has 1 aliphatic heterocycles. The summed E-state index contributed by atoms with van der Waals surface area (Å²) in [5.41, 5.74) is -1.41. The van der Waals surface area contributed by atoms with E-state index in [1.165, 1.54) is 27.8 Å². The number of piperazine rings is 1. The summed E-state index contributed by atoms with van der Waals surface area (Å²) in [5.74, 6) is -0.421. The number of pyridine rings is 1. The molecule has 1 amide bonds. The van der Waals surface area contributed by atoms with E-state index in [2.05, 4.69) is 0 Å². The quantitative estimate of drug-likeness (QED) is 0.699. The number of aromatic nitrogens is 1. The zero-order chi connectivity index (χ0) is 22.3. The second kappa shape index (κ2) is 8.05. The molecule has 0 spiro atoms. The molecule has 30 heavy (non-hydrogen) atoms. The first-order valence-electron chi connectivity index (χ1n) is 8.74. The lowest BCUT2D eigenvalue weighted by Gasteiger charge is -2.34. The van der Waals surface area contributed by atoms with Crippen LogP contribution in [0.15, 0.2) is 46.2 Å². The molecule has 1 saturated heterocycles. The number of benzene rings is 1. The molecule has 2 aromatic rings. The van der Waals surface area contributed by atoms with Gasteiger partial charge in [0, 0.05) is 51.1 Å². The molecule has 0 unspecified atom stereocenters. The van der Waals surface area contributed by atoms with Crippen molar-refractivity contribution in [2.24, 2.45) is 7.05 Å². The van der Waals surface area contributed by atoms with Gasteiger partial charge in [-0.25, -0.2) is 8.42 Å². The zero-order valence-corrected chi connectivity index (χ0v) is 17.3. The molecule has 0 N–H and O–H groups in total. The summed E-state index contributed by atoms with van der Waals surface area (Å²) in [6.45, 7) is -0.119. The van der Waals surface area contributed by atoms with Gasteiger partial charge in [-0.1, -0.05) is 11.6 Å². The molecule has 0 aliphatic carbocycles. The van der Waals surface area contributed by atoms with Crippen LogP contribution in [0.4, 0.5) is 13.2 Å². The number of hydrogen-bond acceptors (Lipinski definition) is 4. The normalized spacial score (nSPS) is 16.0. The van der Waals surface area contributed by atoms with E-state index >= 15 is 0 Å². The molecule has 1 aromatic carbocycles. The third-order valence-electron chi connectivity index (χ3n) is 4.76. The topological polar surface area (TPSA) is 79.7 Å². The summed E-state index contributed by atoms with van der Waals surface area (Å²) >= 11 is 5.55. The minimum absolute atomic E-state index is 0.0347. The lowest BCUT2D eigenvalue weighted by atomic mass is 10.2. The molecular weight excluding hydrogens is 447 g/mol. The van der Waals surface area contributed by atoms with Gasteiger partial charge in [0.2, 0.25) is 10.0 Å². The molecule has 0 atom stereocenters. The SMILES string of the molecule is Cn1ccc(C(=O)N2CCN(S(=O)(=O)c3ccc(Cl)c(C(F)(F)F)c3)CC2)cc1=O. The molecule has 7 nitrogen and oxygen atoms in total. The number of aryl methyl sites for hydroxylation is 1. The van der Waals surface area contributed by atoms with Crippen LogP contribution in [0.2, 0.25) is 5.02 Å². The highest BCUT2D eigenvalue weighted by Crippen LogP contribution is 2.36. The van der Waals surface area contributed by atoms with E-state index in [-0.39, 0.29) is 37.3 Å². The molecule has 3 rings (SSSR count). The van der Waals surface area contributed by atoms with Crippen molar-refractivity contribution in [1.82, 2.24) is 13.8 Å². The van der Waals surface area contributed by atoms with E-state index in [0.717, 1.165) is 16.4 Å². The Morgan fingerprint density at radius 3 is 2.27 bits per heavy atom. The molecule has 1 fully saturated rings. The molecule has 2 heterocycles. The van der Waals surface area contributed by atoms with E-state index < -0.39 is 37.6 Å². The maximum Gasteiger partial charge on any atom is 0.417 e. The van der Waals surface area contributed by atoms with E-state index in [1.807, 2.05) is 0 Å². The fraction of sp³-hybridized carbons (Fsp3) is 0.333. The third kappa shape index (κ3) is 4.37. The monoisotopic (exact) mass is 463 g/mol. The Hall–Kier alpha value is -2.37. The van der Waals surface area contributed by atoms with Gasteiger partial charge in [0.15, 0.2) is 0 Å². The lowest BCUT2D eigenvalue weighted by Crippen LogP contribution is -2.50. The van der Waals surface area contributed by atoms with Crippen LogP contribution in [-0.2, 0) is 23.2 Å². The van der Waals surface area contributed by atoms with Gasteiger partial charge in [-0.15, -0.1) is 0 Å². The predicted octanol–water partition coefficient (Wildman–Crippen LogP) is 2.20. The maximum atomic E-state index is 13.1. The predicted molar refractivity (Wildman–Crippen MR) is 103 cm³/mol. The van der Waals surface area contributed by atoms with Crippen LogP contribution < -0.4 is 5.56 Å². The summed E-state index contributed by atoms with van der Waals surface area (Å²) in [4.78, 5) is 25.1. The van der Waals surface area contributed by atoms with Crippen molar-refractivity contribution in [2.75, 3.05) is 26.2 Å². The van der Waals surface area contributed by atoms with Crippen molar-refractivity contribution in [2.45, 2.75) is 11.1 Å². The first-order valence-corrected chi connectivity index (χ1v) is 10.6. The summed E-state index contributed by atoms with van der Waals surface area (Å²) in [6, 6.07) is 5.10. The standard InChI is InChI=1S/C18H17ClF3N3O4S/c1-23-5-4-12(10-16(23)26)17(27)24-6-8-25(9-7-24)30(28,29)13-2-3-15(19)14(11-13)18(20,21)22/h2-5,10-11H,6-9H2,1H3. The number of nitrogens with zero attached hydrogens (tertiary/aromatic N) is 3. The molecule has 12 heteroatoms. The van der Waals surface area contributed by atoms with E-state index in [1.54, 1.807) is 7.05 Å². The average molecular weight is 464 g/mol. The van der Waals surface area contributed by atoms with Gasteiger partial charge in [0.05, 0.1) is 15.5 Å². The van der Waals surface area contributed by atoms with Crippen molar-refractivity contribution in [3.63, 3.8) is 0 Å². The fourth-order valence-electron chi connectivity index (χ4n) is 3.03. The highest BCUT2D eigenvalue weighted by atomic mass is 35.5. The van der Waals surface area contributed by atoms with E-state index in [9.17, 15) is 31.2 Å². The largest absolute Gasteiger partial charge is 0.417 e. The second-order valence-electron chi connectivity index (χ2n) is 6.70. The second-order valence-corrected chi connectivity index (χ2v) is 9.05. The highest BCUT2D eigenvalue weighted by Gasteiger charge is 2.36. The minimum atomic E-state index is -4.79. The Balaban J connectivity index is 1.76. The van der Waals surface area contributed by atoms with Gasteiger partial charge in [-0.3, -0.25) is 9.59 Å². The lowest BCUT2D eigenvalue weighted by molar-refractivity contribution is -0.137. The van der Waals surface area contributed by atoms with Crippen molar-refractivity contribution >= 4 is 27.5 Å². The number of alkyl halides is 3. The van der Waals surface area contributed by atoms with Gasteiger partial charge in [0.25, 0.3) is 11.5 Å². The first kappa shape index (κ1) is 22.3. The summed E-state index contributed by atoms with van der Waals surface area (Å²) in [5, 5.41) is -0.592. The van der Waals surface area contributed by atoms with Crippen LogP contribution in [0.25, 0.3) is 0 Å². The van der Waals surface area contributed by atoms with Gasteiger partial charge < -0.3 is 9.47 Å².